The predicted octanol–water partition coefficient (Wildman–Crippen LogP) is 4.26. The van der Waals surface area contributed by atoms with Gasteiger partial charge in [0.2, 0.25) is 5.91 Å². The number of hydrogen-bond acceptors (Lipinski definition) is 6. The molecular weight excluding hydrogens is 428 g/mol. The number of fused-ring (bicyclic) bond motifs is 1. The van der Waals surface area contributed by atoms with Crippen LogP contribution in [0.3, 0.4) is 0 Å². The smallest absolute Gasteiger partial charge is 0.337 e. The Labute approximate surface area is 198 Å². The van der Waals surface area contributed by atoms with Crippen LogP contribution in [0.4, 0.5) is 11.4 Å². The molecule has 1 unspecified atom stereocenters. The number of anilines is 1. The average molecular weight is 453 g/mol. The van der Waals surface area contributed by atoms with E-state index in [1.165, 1.54) is 7.11 Å². The fraction of sp³-hybridized carbons (Fsp3) is 0.185. The maximum absolute atomic E-state index is 13.1. The lowest BCUT2D eigenvalue weighted by Gasteiger charge is -2.15. The van der Waals surface area contributed by atoms with Gasteiger partial charge in [-0.1, -0.05) is 42.5 Å². The third-order valence-corrected chi connectivity index (χ3v) is 5.60. The number of benzene rings is 3. The van der Waals surface area contributed by atoms with Crippen LogP contribution in [0.15, 0.2) is 71.7 Å². The van der Waals surface area contributed by atoms with Crippen LogP contribution in [0, 0.1) is 11.3 Å². The van der Waals surface area contributed by atoms with Gasteiger partial charge in [0.25, 0.3) is 0 Å². The summed E-state index contributed by atoms with van der Waals surface area (Å²) in [5, 5.41) is 12.5. The van der Waals surface area contributed by atoms with Crippen molar-refractivity contribution < 1.29 is 14.3 Å². The highest BCUT2D eigenvalue weighted by atomic mass is 16.5. The SMILES string of the molecule is COC(=O)c1ccc2c(c1)NC(=O)C2C(=Nc1ccc(CN(C)C)c(C#N)c1)c1ccccc1. The third-order valence-electron chi connectivity index (χ3n) is 5.60. The number of rotatable bonds is 6. The molecule has 170 valence electrons. The van der Waals surface area contributed by atoms with Crippen LogP contribution >= 0.6 is 0 Å². The molecule has 1 amide bonds. The first-order valence-electron chi connectivity index (χ1n) is 10.8. The molecule has 3 aromatic carbocycles. The summed E-state index contributed by atoms with van der Waals surface area (Å²) in [5.74, 6) is -1.38. The van der Waals surface area contributed by atoms with Crippen LogP contribution < -0.4 is 5.32 Å². The maximum atomic E-state index is 13.1. The van der Waals surface area contributed by atoms with E-state index in [1.807, 2.05) is 61.5 Å². The van der Waals surface area contributed by atoms with Crippen molar-refractivity contribution in [2.24, 2.45) is 4.99 Å². The van der Waals surface area contributed by atoms with E-state index < -0.39 is 11.9 Å². The van der Waals surface area contributed by atoms with E-state index in [9.17, 15) is 14.9 Å². The summed E-state index contributed by atoms with van der Waals surface area (Å²) in [4.78, 5) is 31.9. The maximum Gasteiger partial charge on any atom is 0.337 e. The Hall–Kier alpha value is -4.28. The number of hydrogen-bond donors (Lipinski definition) is 1. The van der Waals surface area contributed by atoms with Crippen molar-refractivity contribution in [2.75, 3.05) is 26.5 Å². The second-order valence-electron chi connectivity index (χ2n) is 8.27. The molecule has 1 atom stereocenters. The first-order chi connectivity index (χ1) is 16.4. The molecule has 0 aromatic heterocycles. The van der Waals surface area contributed by atoms with Gasteiger partial charge in [-0.25, -0.2) is 4.79 Å². The zero-order valence-corrected chi connectivity index (χ0v) is 19.2. The molecule has 0 spiro atoms. The zero-order valence-electron chi connectivity index (χ0n) is 19.2. The van der Waals surface area contributed by atoms with Gasteiger partial charge in [0.05, 0.1) is 35.7 Å². The van der Waals surface area contributed by atoms with E-state index in [4.69, 9.17) is 9.73 Å². The number of esters is 1. The van der Waals surface area contributed by atoms with Gasteiger partial charge < -0.3 is 15.0 Å². The third kappa shape index (κ3) is 4.58. The molecule has 7 heteroatoms. The summed E-state index contributed by atoms with van der Waals surface area (Å²) < 4.78 is 4.80. The van der Waals surface area contributed by atoms with Crippen LogP contribution in [-0.4, -0.2) is 43.7 Å². The van der Waals surface area contributed by atoms with Crippen LogP contribution in [0.2, 0.25) is 0 Å². The Balaban J connectivity index is 1.82. The lowest BCUT2D eigenvalue weighted by molar-refractivity contribution is -0.115. The number of aliphatic imine (C=N–C) groups is 1. The minimum atomic E-state index is -0.670. The second kappa shape index (κ2) is 9.69. The molecule has 0 fully saturated rings. The second-order valence-corrected chi connectivity index (χ2v) is 8.27. The van der Waals surface area contributed by atoms with Gasteiger partial charge in [-0.05, 0) is 55.1 Å². The Morgan fingerprint density at radius 3 is 2.53 bits per heavy atom. The molecule has 1 aliphatic heterocycles. The predicted molar refractivity (Wildman–Crippen MR) is 130 cm³/mol. The molecule has 0 bridgehead atoms. The lowest BCUT2D eigenvalue weighted by Crippen LogP contribution is -2.22. The molecule has 0 saturated heterocycles. The number of nitriles is 1. The standard InChI is InChI=1S/C27H24N4O3/c1-31(2)16-19-9-11-21(13-20(19)15-28)29-25(17-7-5-4-6-8-17)24-22-12-10-18(27(33)34-3)14-23(22)30-26(24)32/h4-14,24H,16H2,1-3H3,(H,30,32). The van der Waals surface area contributed by atoms with E-state index in [-0.39, 0.29) is 5.91 Å². The van der Waals surface area contributed by atoms with Crippen molar-refractivity contribution in [3.8, 4) is 6.07 Å². The summed E-state index contributed by atoms with van der Waals surface area (Å²) in [5.41, 5.74) is 5.04. The molecule has 34 heavy (non-hydrogen) atoms. The van der Waals surface area contributed by atoms with E-state index in [1.54, 1.807) is 24.3 Å². The lowest BCUT2D eigenvalue weighted by atomic mass is 9.90. The van der Waals surface area contributed by atoms with Crippen LogP contribution in [0.5, 0.6) is 0 Å². The molecule has 0 aliphatic carbocycles. The number of nitrogens with zero attached hydrogens (tertiary/aromatic N) is 3. The average Bonchev–Trinajstić information content (AvgIpc) is 3.17. The zero-order chi connectivity index (χ0) is 24.2. The number of carbonyl (C=O) groups excluding carboxylic acids is 2. The molecule has 1 heterocycles. The highest BCUT2D eigenvalue weighted by molar-refractivity contribution is 6.24. The summed E-state index contributed by atoms with van der Waals surface area (Å²) in [6.45, 7) is 0.638. The number of nitrogens with one attached hydrogen (secondary N) is 1. The Morgan fingerprint density at radius 1 is 1.09 bits per heavy atom. The molecule has 1 aliphatic rings. The summed E-state index contributed by atoms with van der Waals surface area (Å²) in [6.07, 6.45) is 0. The number of methoxy groups -OCH3 is 1. The Bertz CT molecular complexity index is 1320. The van der Waals surface area contributed by atoms with Crippen molar-refractivity contribution >= 4 is 29.0 Å². The van der Waals surface area contributed by atoms with Crippen molar-refractivity contribution in [2.45, 2.75) is 12.5 Å². The van der Waals surface area contributed by atoms with Crippen LogP contribution in [0.25, 0.3) is 0 Å². The topological polar surface area (TPSA) is 94.8 Å². The van der Waals surface area contributed by atoms with Crippen molar-refractivity contribution in [3.63, 3.8) is 0 Å². The van der Waals surface area contributed by atoms with Crippen molar-refractivity contribution in [1.29, 1.82) is 5.26 Å². The minimum Gasteiger partial charge on any atom is -0.465 e. The fourth-order valence-corrected chi connectivity index (χ4v) is 4.04. The van der Waals surface area contributed by atoms with Gasteiger partial charge in [-0.3, -0.25) is 9.79 Å². The van der Waals surface area contributed by atoms with E-state index >= 15 is 0 Å². The minimum absolute atomic E-state index is 0.232. The monoisotopic (exact) mass is 452 g/mol. The summed E-state index contributed by atoms with van der Waals surface area (Å²) in [7, 11) is 5.21. The van der Waals surface area contributed by atoms with Crippen molar-refractivity contribution in [1.82, 2.24) is 4.90 Å². The van der Waals surface area contributed by atoms with Crippen molar-refractivity contribution in [3.05, 3.63) is 94.5 Å². The fourth-order valence-electron chi connectivity index (χ4n) is 4.04. The largest absolute Gasteiger partial charge is 0.465 e. The van der Waals surface area contributed by atoms with E-state index in [2.05, 4.69) is 11.4 Å². The number of carbonyl (C=O) groups is 2. The van der Waals surface area contributed by atoms with E-state index in [0.717, 1.165) is 16.7 Å². The van der Waals surface area contributed by atoms with Gasteiger partial charge >= 0.3 is 5.97 Å². The van der Waals surface area contributed by atoms with Gasteiger partial charge in [-0.2, -0.15) is 5.26 Å². The van der Waals surface area contributed by atoms with Gasteiger partial charge in [0.1, 0.15) is 5.92 Å². The van der Waals surface area contributed by atoms with Crippen LogP contribution in [0.1, 0.15) is 38.5 Å². The molecule has 0 saturated carbocycles. The molecule has 1 N–H and O–H groups in total. The number of amides is 1. The first kappa shape index (κ1) is 22.9. The summed E-state index contributed by atoms with van der Waals surface area (Å²) >= 11 is 0. The van der Waals surface area contributed by atoms with Gasteiger partial charge in [-0.15, -0.1) is 0 Å². The normalized spacial score (nSPS) is 15.0. The Kier molecular flexibility index (Phi) is 6.53. The number of ether oxygens (including phenoxy) is 1. The molecule has 4 rings (SSSR count). The summed E-state index contributed by atoms with van der Waals surface area (Å²) in [6, 6.07) is 22.2. The molecule has 0 radical (unpaired) electrons. The van der Waals surface area contributed by atoms with E-state index in [0.29, 0.717) is 34.8 Å². The highest BCUT2D eigenvalue weighted by Gasteiger charge is 2.36. The molecule has 3 aromatic rings. The quantitative estimate of drug-likeness (QED) is 0.445. The first-order valence-corrected chi connectivity index (χ1v) is 10.8. The van der Waals surface area contributed by atoms with Crippen LogP contribution in [-0.2, 0) is 16.1 Å². The molecule has 7 nitrogen and oxygen atoms in total. The van der Waals surface area contributed by atoms with Gasteiger partial charge in [0, 0.05) is 12.2 Å². The van der Waals surface area contributed by atoms with Gasteiger partial charge in [0.15, 0.2) is 0 Å². The Morgan fingerprint density at radius 2 is 1.85 bits per heavy atom. The molecular formula is C27H24N4O3. The highest BCUT2D eigenvalue weighted by Crippen LogP contribution is 2.37.